The predicted octanol–water partition coefficient (Wildman–Crippen LogP) is 4.53. The van der Waals surface area contributed by atoms with Crippen molar-refractivity contribution in [2.75, 3.05) is 4.72 Å². The highest BCUT2D eigenvalue weighted by atomic mass is 32.2. The maximum atomic E-state index is 12.8. The van der Waals surface area contributed by atoms with E-state index >= 15 is 0 Å². The second-order valence-corrected chi connectivity index (χ2v) is 9.00. The summed E-state index contributed by atoms with van der Waals surface area (Å²) in [7, 11) is -3.87. The summed E-state index contributed by atoms with van der Waals surface area (Å²) < 4.78 is 28.2. The summed E-state index contributed by atoms with van der Waals surface area (Å²) in [4.78, 5) is 12.4. The molecule has 0 atom stereocenters. The number of rotatable bonds is 5. The lowest BCUT2D eigenvalue weighted by Gasteiger charge is -2.12. The van der Waals surface area contributed by atoms with Crippen LogP contribution in [-0.4, -0.2) is 19.5 Å². The molecular weight excluding hydrogens is 370 g/mol. The first-order valence-corrected chi connectivity index (χ1v) is 10.1. The van der Waals surface area contributed by atoms with Gasteiger partial charge in [-0.05, 0) is 48.7 Å². The zero-order valence-corrected chi connectivity index (χ0v) is 15.8. The van der Waals surface area contributed by atoms with E-state index in [9.17, 15) is 18.3 Å². The minimum Gasteiger partial charge on any atom is -0.478 e. The molecule has 0 fully saturated rings. The number of carboxylic acids is 1. The van der Waals surface area contributed by atoms with Crippen molar-refractivity contribution in [1.82, 2.24) is 0 Å². The largest absolute Gasteiger partial charge is 0.478 e. The number of carboxylic acid groups (broad SMARTS) is 1. The van der Waals surface area contributed by atoms with Gasteiger partial charge in [-0.2, -0.15) is 0 Å². The Morgan fingerprint density at radius 2 is 1.69 bits per heavy atom. The lowest BCUT2D eigenvalue weighted by molar-refractivity contribution is 0.0698. The van der Waals surface area contributed by atoms with Crippen LogP contribution < -0.4 is 4.72 Å². The number of anilines is 1. The smallest absolute Gasteiger partial charge is 0.337 e. The zero-order valence-electron chi connectivity index (χ0n) is 14.2. The van der Waals surface area contributed by atoms with Crippen LogP contribution in [0.15, 0.2) is 58.8 Å². The van der Waals surface area contributed by atoms with Gasteiger partial charge in [0.05, 0.1) is 11.3 Å². The van der Waals surface area contributed by atoms with E-state index in [1.54, 1.807) is 25.1 Å². The summed E-state index contributed by atoms with van der Waals surface area (Å²) in [5, 5.41) is 9.42. The maximum Gasteiger partial charge on any atom is 0.337 e. The Bertz CT molecular complexity index is 1070. The molecule has 3 aromatic rings. The van der Waals surface area contributed by atoms with Crippen molar-refractivity contribution in [2.45, 2.75) is 18.1 Å². The molecule has 1 heterocycles. The molecule has 3 rings (SSSR count). The van der Waals surface area contributed by atoms with E-state index in [4.69, 9.17) is 0 Å². The van der Waals surface area contributed by atoms with Crippen LogP contribution in [0.25, 0.3) is 11.1 Å². The van der Waals surface area contributed by atoms with Gasteiger partial charge in [0.25, 0.3) is 10.0 Å². The predicted molar refractivity (Wildman–Crippen MR) is 103 cm³/mol. The van der Waals surface area contributed by atoms with E-state index in [1.807, 2.05) is 37.3 Å². The van der Waals surface area contributed by atoms with Crippen LogP contribution in [0.5, 0.6) is 0 Å². The lowest BCUT2D eigenvalue weighted by atomic mass is 10.0. The Hall–Kier alpha value is -2.64. The fourth-order valence-electron chi connectivity index (χ4n) is 2.70. The molecular formula is C19H17NO4S2. The average Bonchev–Trinajstić information content (AvgIpc) is 2.94. The number of hydrogen-bond acceptors (Lipinski definition) is 4. The number of aromatic carboxylic acids is 1. The minimum absolute atomic E-state index is 0.0457. The van der Waals surface area contributed by atoms with Crippen LogP contribution in [0, 0.1) is 13.8 Å². The molecule has 0 spiro atoms. The van der Waals surface area contributed by atoms with Gasteiger partial charge >= 0.3 is 5.97 Å². The Kier molecular flexibility index (Phi) is 4.84. The van der Waals surface area contributed by atoms with Crippen molar-refractivity contribution in [3.63, 3.8) is 0 Å². The maximum absolute atomic E-state index is 12.8. The highest BCUT2D eigenvalue weighted by molar-refractivity contribution is 7.94. The molecule has 2 N–H and O–H groups in total. The van der Waals surface area contributed by atoms with Gasteiger partial charge in [-0.3, -0.25) is 4.72 Å². The van der Waals surface area contributed by atoms with Crippen molar-refractivity contribution in [2.24, 2.45) is 0 Å². The molecule has 0 radical (unpaired) electrons. The fourth-order valence-corrected chi connectivity index (χ4v) is 5.44. The molecule has 26 heavy (non-hydrogen) atoms. The summed E-state index contributed by atoms with van der Waals surface area (Å²) >= 11 is 1.16. The van der Waals surface area contributed by atoms with Crippen LogP contribution in [-0.2, 0) is 10.0 Å². The van der Waals surface area contributed by atoms with Gasteiger partial charge < -0.3 is 5.11 Å². The van der Waals surface area contributed by atoms with Crippen molar-refractivity contribution in [3.8, 4) is 11.1 Å². The van der Waals surface area contributed by atoms with Crippen LogP contribution in [0.4, 0.5) is 5.69 Å². The molecule has 1 aromatic heterocycles. The van der Waals surface area contributed by atoms with Crippen molar-refractivity contribution in [3.05, 3.63) is 70.6 Å². The quantitative estimate of drug-likeness (QED) is 0.674. The lowest BCUT2D eigenvalue weighted by Crippen LogP contribution is -2.15. The number of aryl methyl sites for hydroxylation is 2. The first-order chi connectivity index (χ1) is 12.3. The molecule has 0 saturated carbocycles. The molecule has 0 aliphatic heterocycles. The summed E-state index contributed by atoms with van der Waals surface area (Å²) in [5.41, 5.74) is 2.18. The molecule has 5 nitrogen and oxygen atoms in total. The number of thiophene rings is 1. The third-order valence-corrected chi connectivity index (χ3v) is 7.00. The minimum atomic E-state index is -3.87. The van der Waals surface area contributed by atoms with Gasteiger partial charge in [0, 0.05) is 4.88 Å². The van der Waals surface area contributed by atoms with E-state index in [0.717, 1.165) is 27.3 Å². The summed E-state index contributed by atoms with van der Waals surface area (Å²) in [6, 6.07) is 15.8. The normalized spacial score (nSPS) is 11.3. The molecule has 0 bridgehead atoms. The van der Waals surface area contributed by atoms with Gasteiger partial charge in [-0.15, -0.1) is 11.3 Å². The zero-order chi connectivity index (χ0) is 18.9. The molecule has 7 heteroatoms. The summed E-state index contributed by atoms with van der Waals surface area (Å²) in [6.45, 7) is 3.55. The molecule has 0 amide bonds. The van der Waals surface area contributed by atoms with E-state index < -0.39 is 16.0 Å². The number of carbonyl (C=O) groups is 1. The van der Waals surface area contributed by atoms with Gasteiger partial charge in [-0.1, -0.05) is 36.4 Å². The number of nitrogens with one attached hydrogen (secondary N) is 1. The molecule has 0 unspecified atom stereocenters. The highest BCUT2D eigenvalue weighted by Crippen LogP contribution is 2.31. The van der Waals surface area contributed by atoms with Gasteiger partial charge in [-0.25, -0.2) is 13.2 Å². The second kappa shape index (κ2) is 6.93. The highest BCUT2D eigenvalue weighted by Gasteiger charge is 2.22. The van der Waals surface area contributed by atoms with E-state index in [1.165, 1.54) is 6.07 Å². The van der Waals surface area contributed by atoms with E-state index in [2.05, 4.69) is 4.72 Å². The summed E-state index contributed by atoms with van der Waals surface area (Å²) in [5.74, 6) is -1.19. The van der Waals surface area contributed by atoms with Crippen molar-refractivity contribution >= 4 is 33.0 Å². The van der Waals surface area contributed by atoms with Crippen LogP contribution in [0.2, 0.25) is 0 Å². The average molecular weight is 387 g/mol. The SMILES string of the molecule is Cc1cc(C)c(S(=O)(=O)Nc2cc(-c3ccccc3)ccc2C(=O)O)s1. The van der Waals surface area contributed by atoms with Crippen LogP contribution in [0.1, 0.15) is 20.8 Å². The topological polar surface area (TPSA) is 83.5 Å². The summed E-state index contributed by atoms with van der Waals surface area (Å²) in [6.07, 6.45) is 0. The van der Waals surface area contributed by atoms with Crippen molar-refractivity contribution < 1.29 is 18.3 Å². The number of benzene rings is 2. The number of sulfonamides is 1. The molecule has 0 saturated heterocycles. The Labute approximate surface area is 156 Å². The standard InChI is InChI=1S/C19H17NO4S2/c1-12-10-13(2)25-19(12)26(23,24)20-17-11-15(8-9-16(17)18(21)22)14-6-4-3-5-7-14/h3-11,20H,1-2H3,(H,21,22). The number of hydrogen-bond donors (Lipinski definition) is 2. The first kappa shape index (κ1) is 18.2. The molecule has 2 aromatic carbocycles. The Balaban J connectivity index is 2.08. The van der Waals surface area contributed by atoms with E-state index in [0.29, 0.717) is 5.56 Å². The first-order valence-electron chi connectivity index (χ1n) is 7.80. The molecule has 0 aliphatic carbocycles. The van der Waals surface area contributed by atoms with Crippen LogP contribution >= 0.6 is 11.3 Å². The van der Waals surface area contributed by atoms with Gasteiger partial charge in [0.15, 0.2) is 0 Å². The molecule has 134 valence electrons. The Morgan fingerprint density at radius 1 is 1.00 bits per heavy atom. The van der Waals surface area contributed by atoms with Gasteiger partial charge in [0.1, 0.15) is 4.21 Å². The monoisotopic (exact) mass is 387 g/mol. The second-order valence-electron chi connectivity index (χ2n) is 5.86. The van der Waals surface area contributed by atoms with E-state index in [-0.39, 0.29) is 15.5 Å². The van der Waals surface area contributed by atoms with Crippen molar-refractivity contribution in [1.29, 1.82) is 0 Å². The Morgan fingerprint density at radius 3 is 2.27 bits per heavy atom. The fraction of sp³-hybridized carbons (Fsp3) is 0.105. The molecule has 0 aliphatic rings. The van der Waals surface area contributed by atoms with Crippen LogP contribution in [0.3, 0.4) is 0 Å². The van der Waals surface area contributed by atoms with Gasteiger partial charge in [0.2, 0.25) is 0 Å². The third-order valence-electron chi connectivity index (χ3n) is 3.84. The third kappa shape index (κ3) is 3.63.